The number of aryl methyl sites for hydroxylation is 1. The van der Waals surface area contributed by atoms with Crippen molar-refractivity contribution < 1.29 is 4.74 Å². The number of nitrogens with two attached hydrogens (primary N) is 1. The SMILES string of the molecule is Cc1cc(C(N)C2CCOc3ccccc32)sc1Cl. The number of hydrogen-bond acceptors (Lipinski definition) is 3. The van der Waals surface area contributed by atoms with Crippen molar-refractivity contribution in [2.75, 3.05) is 6.61 Å². The largest absolute Gasteiger partial charge is 0.493 e. The molecule has 2 unspecified atom stereocenters. The minimum Gasteiger partial charge on any atom is -0.493 e. The fraction of sp³-hybridized carbons (Fsp3) is 0.333. The maximum Gasteiger partial charge on any atom is 0.122 e. The third-order valence-corrected chi connectivity index (χ3v) is 5.30. The monoisotopic (exact) mass is 293 g/mol. The van der Waals surface area contributed by atoms with Crippen LogP contribution in [-0.2, 0) is 0 Å². The van der Waals surface area contributed by atoms with Crippen molar-refractivity contribution in [2.45, 2.75) is 25.3 Å². The van der Waals surface area contributed by atoms with Gasteiger partial charge in [-0.25, -0.2) is 0 Å². The molecular formula is C15H16ClNOS. The number of halogens is 1. The molecular weight excluding hydrogens is 278 g/mol. The van der Waals surface area contributed by atoms with E-state index in [1.807, 2.05) is 25.1 Å². The van der Waals surface area contributed by atoms with Gasteiger partial charge in [0.15, 0.2) is 0 Å². The van der Waals surface area contributed by atoms with Crippen LogP contribution in [0, 0.1) is 6.92 Å². The topological polar surface area (TPSA) is 35.2 Å². The molecule has 1 aromatic heterocycles. The molecule has 0 fully saturated rings. The second kappa shape index (κ2) is 5.16. The molecule has 0 radical (unpaired) electrons. The van der Waals surface area contributed by atoms with E-state index in [9.17, 15) is 0 Å². The fourth-order valence-corrected chi connectivity index (χ4v) is 3.87. The molecule has 1 aliphatic rings. The first kappa shape index (κ1) is 13.0. The molecule has 2 N–H and O–H groups in total. The van der Waals surface area contributed by atoms with Crippen LogP contribution >= 0.6 is 22.9 Å². The second-order valence-electron chi connectivity index (χ2n) is 4.91. The number of para-hydroxylation sites is 1. The van der Waals surface area contributed by atoms with Crippen LogP contribution in [0.25, 0.3) is 0 Å². The van der Waals surface area contributed by atoms with Crippen LogP contribution < -0.4 is 10.5 Å². The minimum atomic E-state index is -0.0127. The summed E-state index contributed by atoms with van der Waals surface area (Å²) in [7, 11) is 0. The van der Waals surface area contributed by atoms with Gasteiger partial charge in [0.05, 0.1) is 10.9 Å². The molecule has 0 spiro atoms. The van der Waals surface area contributed by atoms with Crippen molar-refractivity contribution in [2.24, 2.45) is 5.73 Å². The quantitative estimate of drug-likeness (QED) is 0.897. The smallest absolute Gasteiger partial charge is 0.122 e. The fourth-order valence-electron chi connectivity index (χ4n) is 2.59. The predicted octanol–water partition coefficient (Wildman–Crippen LogP) is 4.28. The lowest BCUT2D eigenvalue weighted by molar-refractivity contribution is 0.256. The first-order chi connectivity index (χ1) is 9.16. The number of ether oxygens (including phenoxy) is 1. The molecule has 4 heteroatoms. The van der Waals surface area contributed by atoms with Crippen LogP contribution in [0.4, 0.5) is 0 Å². The Morgan fingerprint density at radius 1 is 1.42 bits per heavy atom. The number of rotatable bonds is 2. The van der Waals surface area contributed by atoms with E-state index in [2.05, 4.69) is 12.1 Å². The molecule has 2 heterocycles. The van der Waals surface area contributed by atoms with Crippen LogP contribution in [0.15, 0.2) is 30.3 Å². The molecule has 1 aliphatic heterocycles. The maximum absolute atomic E-state index is 6.46. The molecule has 19 heavy (non-hydrogen) atoms. The Hall–Kier alpha value is -1.03. The number of thiophene rings is 1. The summed E-state index contributed by atoms with van der Waals surface area (Å²) < 4.78 is 6.53. The Morgan fingerprint density at radius 3 is 2.95 bits per heavy atom. The zero-order valence-corrected chi connectivity index (χ0v) is 12.3. The van der Waals surface area contributed by atoms with E-state index in [4.69, 9.17) is 22.1 Å². The van der Waals surface area contributed by atoms with E-state index >= 15 is 0 Å². The van der Waals surface area contributed by atoms with E-state index in [0.717, 1.165) is 33.6 Å². The summed E-state index contributed by atoms with van der Waals surface area (Å²) >= 11 is 7.74. The van der Waals surface area contributed by atoms with Gasteiger partial charge in [0.1, 0.15) is 5.75 Å². The number of hydrogen-bond donors (Lipinski definition) is 1. The van der Waals surface area contributed by atoms with Crippen LogP contribution in [0.2, 0.25) is 4.34 Å². The summed E-state index contributed by atoms with van der Waals surface area (Å²) in [6.45, 7) is 2.75. The predicted molar refractivity (Wildman–Crippen MR) is 80.3 cm³/mol. The maximum atomic E-state index is 6.46. The second-order valence-corrected chi connectivity index (χ2v) is 6.60. The molecule has 2 atom stereocenters. The van der Waals surface area contributed by atoms with Crippen LogP contribution in [-0.4, -0.2) is 6.61 Å². The standard InChI is InChI=1S/C15H16ClNOS/c1-9-8-13(19-15(9)16)14(17)11-6-7-18-12-5-3-2-4-10(11)12/h2-5,8,11,14H,6-7,17H2,1H3. The van der Waals surface area contributed by atoms with E-state index in [-0.39, 0.29) is 6.04 Å². The molecule has 0 bridgehead atoms. The minimum absolute atomic E-state index is 0.0127. The summed E-state index contributed by atoms with van der Waals surface area (Å²) in [5.74, 6) is 1.27. The van der Waals surface area contributed by atoms with Crippen molar-refractivity contribution in [1.29, 1.82) is 0 Å². The summed E-state index contributed by atoms with van der Waals surface area (Å²) in [4.78, 5) is 1.16. The summed E-state index contributed by atoms with van der Waals surface area (Å²) in [6, 6.07) is 10.3. The van der Waals surface area contributed by atoms with Crippen molar-refractivity contribution in [3.63, 3.8) is 0 Å². The highest BCUT2D eigenvalue weighted by molar-refractivity contribution is 7.16. The van der Waals surface area contributed by atoms with Gasteiger partial charge in [-0.3, -0.25) is 0 Å². The van der Waals surface area contributed by atoms with Gasteiger partial charge in [-0.1, -0.05) is 29.8 Å². The number of benzene rings is 1. The molecule has 3 rings (SSSR count). The Labute approximate surface area is 122 Å². The molecule has 1 aromatic carbocycles. The first-order valence-corrected chi connectivity index (χ1v) is 7.59. The Kier molecular flexibility index (Phi) is 3.52. The Morgan fingerprint density at radius 2 is 2.21 bits per heavy atom. The van der Waals surface area contributed by atoms with Gasteiger partial charge in [0.25, 0.3) is 0 Å². The Bertz CT molecular complexity index is 576. The molecule has 0 aliphatic carbocycles. The van der Waals surface area contributed by atoms with Crippen molar-refractivity contribution >= 4 is 22.9 Å². The van der Waals surface area contributed by atoms with Gasteiger partial charge in [-0.2, -0.15) is 0 Å². The lowest BCUT2D eigenvalue weighted by atomic mass is 9.86. The third kappa shape index (κ3) is 2.38. The normalized spacial score (nSPS) is 19.6. The van der Waals surface area contributed by atoms with E-state index in [1.165, 1.54) is 5.56 Å². The summed E-state index contributed by atoms with van der Waals surface area (Å²) in [6.07, 6.45) is 0.951. The summed E-state index contributed by atoms with van der Waals surface area (Å²) in [5, 5.41) is 0. The summed E-state index contributed by atoms with van der Waals surface area (Å²) in [5.41, 5.74) is 8.78. The van der Waals surface area contributed by atoms with Crippen molar-refractivity contribution in [3.05, 3.63) is 50.7 Å². The highest BCUT2D eigenvalue weighted by atomic mass is 35.5. The third-order valence-electron chi connectivity index (χ3n) is 3.64. The average Bonchev–Trinajstić information content (AvgIpc) is 2.77. The van der Waals surface area contributed by atoms with Crippen LogP contribution in [0.3, 0.4) is 0 Å². The lowest BCUT2D eigenvalue weighted by Crippen LogP contribution is -2.24. The molecule has 2 aromatic rings. The highest BCUT2D eigenvalue weighted by Gasteiger charge is 2.28. The zero-order chi connectivity index (χ0) is 13.4. The highest BCUT2D eigenvalue weighted by Crippen LogP contribution is 2.42. The Balaban J connectivity index is 1.95. The number of fused-ring (bicyclic) bond motifs is 1. The van der Waals surface area contributed by atoms with Crippen molar-refractivity contribution in [1.82, 2.24) is 0 Å². The average molecular weight is 294 g/mol. The lowest BCUT2D eigenvalue weighted by Gasteiger charge is -2.29. The van der Waals surface area contributed by atoms with Crippen molar-refractivity contribution in [3.8, 4) is 5.75 Å². The van der Waals surface area contributed by atoms with Crippen LogP contribution in [0.5, 0.6) is 5.75 Å². The van der Waals surface area contributed by atoms with Gasteiger partial charge in [0.2, 0.25) is 0 Å². The van der Waals surface area contributed by atoms with Gasteiger partial charge in [-0.15, -0.1) is 11.3 Å². The van der Waals surface area contributed by atoms with E-state index in [0.29, 0.717) is 5.92 Å². The zero-order valence-electron chi connectivity index (χ0n) is 10.7. The van der Waals surface area contributed by atoms with Gasteiger partial charge >= 0.3 is 0 Å². The van der Waals surface area contributed by atoms with Gasteiger partial charge in [0, 0.05) is 16.8 Å². The molecule has 0 amide bonds. The van der Waals surface area contributed by atoms with Gasteiger partial charge in [-0.05, 0) is 36.6 Å². The van der Waals surface area contributed by atoms with E-state index < -0.39 is 0 Å². The first-order valence-electron chi connectivity index (χ1n) is 6.40. The molecule has 0 saturated carbocycles. The molecule has 2 nitrogen and oxygen atoms in total. The van der Waals surface area contributed by atoms with Crippen LogP contribution in [0.1, 0.15) is 34.4 Å². The van der Waals surface area contributed by atoms with Gasteiger partial charge < -0.3 is 10.5 Å². The van der Waals surface area contributed by atoms with E-state index in [1.54, 1.807) is 11.3 Å². The molecule has 100 valence electrons. The molecule has 0 saturated heterocycles.